The molecule has 3 heteroatoms. The van der Waals surface area contributed by atoms with Crippen LogP contribution in [0.15, 0.2) is 0 Å². The van der Waals surface area contributed by atoms with Gasteiger partial charge in [0.1, 0.15) is 6.10 Å². The van der Waals surface area contributed by atoms with Crippen molar-refractivity contribution in [2.45, 2.75) is 45.3 Å². The van der Waals surface area contributed by atoms with E-state index in [2.05, 4.69) is 5.32 Å². The molecule has 0 aromatic carbocycles. The highest BCUT2D eigenvalue weighted by molar-refractivity contribution is 5.67. The van der Waals surface area contributed by atoms with Gasteiger partial charge in [0.15, 0.2) is 0 Å². The van der Waals surface area contributed by atoms with Crippen molar-refractivity contribution < 1.29 is 11.0 Å². The molecule has 0 bridgehead atoms. The van der Waals surface area contributed by atoms with Gasteiger partial charge < -0.3 is 10.1 Å². The molecular formula is C8H17NO2. The van der Waals surface area contributed by atoms with Crippen LogP contribution in [0.4, 0.5) is 4.79 Å². The Morgan fingerprint density at radius 2 is 2.27 bits per heavy atom. The van der Waals surface area contributed by atoms with Gasteiger partial charge in [0.2, 0.25) is 0 Å². The Morgan fingerprint density at radius 1 is 1.64 bits per heavy atom. The molecule has 0 spiro atoms. The van der Waals surface area contributed by atoms with Gasteiger partial charge in [-0.2, -0.15) is 0 Å². The second-order valence-corrected chi connectivity index (χ2v) is 3.26. The van der Waals surface area contributed by atoms with Crippen LogP contribution in [0.3, 0.4) is 0 Å². The van der Waals surface area contributed by atoms with Crippen molar-refractivity contribution in [1.82, 2.24) is 5.32 Å². The second-order valence-electron chi connectivity index (χ2n) is 3.26. The standard InChI is InChI=1S/C8H15NO2.H2/c1-6(2)9-8(10)11-7-4-3-5-7;/h6-7H,3-5H2,1-2H3,(H,9,10);1H. The first-order valence-electron chi connectivity index (χ1n) is 4.15. The van der Waals surface area contributed by atoms with Crippen LogP contribution >= 0.6 is 0 Å². The zero-order valence-corrected chi connectivity index (χ0v) is 7.09. The Morgan fingerprint density at radius 3 is 2.64 bits per heavy atom. The van der Waals surface area contributed by atoms with E-state index in [1.807, 2.05) is 13.8 Å². The minimum Gasteiger partial charge on any atom is -0.446 e. The van der Waals surface area contributed by atoms with Crippen molar-refractivity contribution in [2.75, 3.05) is 0 Å². The third-order valence-corrected chi connectivity index (χ3v) is 1.73. The summed E-state index contributed by atoms with van der Waals surface area (Å²) in [5.74, 6) is 0. The maximum absolute atomic E-state index is 10.9. The number of alkyl carbamates (subject to hydrolysis) is 1. The molecule has 0 aromatic heterocycles. The van der Waals surface area contributed by atoms with Crippen molar-refractivity contribution >= 4 is 6.09 Å². The Hall–Kier alpha value is -0.730. The molecule has 0 aliphatic heterocycles. The third-order valence-electron chi connectivity index (χ3n) is 1.73. The summed E-state index contributed by atoms with van der Waals surface area (Å²) < 4.78 is 5.05. The van der Waals surface area contributed by atoms with E-state index in [9.17, 15) is 4.79 Å². The summed E-state index contributed by atoms with van der Waals surface area (Å²) in [6.45, 7) is 3.84. The van der Waals surface area contributed by atoms with Gasteiger partial charge in [-0.1, -0.05) is 0 Å². The molecule has 11 heavy (non-hydrogen) atoms. The summed E-state index contributed by atoms with van der Waals surface area (Å²) in [7, 11) is 0. The molecule has 1 rings (SSSR count). The molecular weight excluding hydrogens is 142 g/mol. The van der Waals surface area contributed by atoms with Crippen LogP contribution in [0, 0.1) is 0 Å². The van der Waals surface area contributed by atoms with Gasteiger partial charge in [0, 0.05) is 7.47 Å². The van der Waals surface area contributed by atoms with E-state index < -0.39 is 0 Å². The number of amides is 1. The van der Waals surface area contributed by atoms with Crippen molar-refractivity contribution in [2.24, 2.45) is 0 Å². The van der Waals surface area contributed by atoms with E-state index in [1.165, 1.54) is 6.42 Å². The average Bonchev–Trinajstić information content (AvgIpc) is 1.77. The molecule has 1 saturated carbocycles. The SMILES string of the molecule is CC(C)NC(=O)OC1CCC1.[HH]. The van der Waals surface area contributed by atoms with Crippen LogP contribution in [0.1, 0.15) is 34.5 Å². The molecule has 0 unspecified atom stereocenters. The summed E-state index contributed by atoms with van der Waals surface area (Å²) in [6, 6.07) is 0.169. The minimum atomic E-state index is -0.273. The molecule has 1 amide bonds. The van der Waals surface area contributed by atoms with E-state index in [-0.39, 0.29) is 19.7 Å². The lowest BCUT2D eigenvalue weighted by Gasteiger charge is -2.25. The van der Waals surface area contributed by atoms with Gasteiger partial charge in [-0.25, -0.2) is 4.79 Å². The Labute approximate surface area is 68.6 Å². The molecule has 3 nitrogen and oxygen atoms in total. The molecule has 1 fully saturated rings. The Bertz CT molecular complexity index is 146. The van der Waals surface area contributed by atoms with Crippen LogP contribution in [-0.2, 0) is 4.74 Å². The van der Waals surface area contributed by atoms with Gasteiger partial charge in [-0.15, -0.1) is 0 Å². The molecule has 1 N–H and O–H groups in total. The highest BCUT2D eigenvalue weighted by atomic mass is 16.6. The third kappa shape index (κ3) is 2.78. The minimum absolute atomic E-state index is 0. The summed E-state index contributed by atoms with van der Waals surface area (Å²) in [5.41, 5.74) is 0. The van der Waals surface area contributed by atoms with E-state index in [1.54, 1.807) is 0 Å². The van der Waals surface area contributed by atoms with Gasteiger partial charge in [0.05, 0.1) is 0 Å². The predicted octanol–water partition coefficient (Wildman–Crippen LogP) is 1.92. The second kappa shape index (κ2) is 3.60. The molecule has 0 aromatic rings. The van der Waals surface area contributed by atoms with Gasteiger partial charge in [0.25, 0.3) is 0 Å². The quantitative estimate of drug-likeness (QED) is 0.668. The molecule has 1 aliphatic carbocycles. The maximum atomic E-state index is 10.9. The van der Waals surface area contributed by atoms with Gasteiger partial charge in [-0.05, 0) is 33.1 Å². The van der Waals surface area contributed by atoms with Crippen molar-refractivity contribution in [1.29, 1.82) is 0 Å². The highest BCUT2D eigenvalue weighted by Gasteiger charge is 2.21. The molecule has 66 valence electrons. The number of carbonyl (C=O) groups is 1. The summed E-state index contributed by atoms with van der Waals surface area (Å²) >= 11 is 0. The fraction of sp³-hybridized carbons (Fsp3) is 0.875. The van der Waals surface area contributed by atoms with Gasteiger partial charge >= 0.3 is 6.09 Å². The smallest absolute Gasteiger partial charge is 0.407 e. The first-order valence-corrected chi connectivity index (χ1v) is 4.15. The highest BCUT2D eigenvalue weighted by Crippen LogP contribution is 2.21. The lowest BCUT2D eigenvalue weighted by atomic mass is 9.96. The number of ether oxygens (including phenoxy) is 1. The van der Waals surface area contributed by atoms with E-state index >= 15 is 0 Å². The topological polar surface area (TPSA) is 38.3 Å². The Balaban J connectivity index is 0.00000121. The largest absolute Gasteiger partial charge is 0.446 e. The van der Waals surface area contributed by atoms with E-state index in [0.29, 0.717) is 0 Å². The summed E-state index contributed by atoms with van der Waals surface area (Å²) in [5, 5.41) is 2.68. The fourth-order valence-corrected chi connectivity index (χ4v) is 0.910. The molecule has 0 saturated heterocycles. The van der Waals surface area contributed by atoms with Crippen LogP contribution < -0.4 is 5.32 Å². The fourth-order valence-electron chi connectivity index (χ4n) is 0.910. The predicted molar refractivity (Wildman–Crippen MR) is 44.5 cm³/mol. The molecule has 0 radical (unpaired) electrons. The molecule has 0 atom stereocenters. The normalized spacial score (nSPS) is 17.7. The van der Waals surface area contributed by atoms with E-state index in [0.717, 1.165) is 12.8 Å². The number of hydrogen-bond acceptors (Lipinski definition) is 2. The lowest BCUT2D eigenvalue weighted by Crippen LogP contribution is -2.35. The number of rotatable bonds is 2. The summed E-state index contributed by atoms with van der Waals surface area (Å²) in [4.78, 5) is 10.9. The van der Waals surface area contributed by atoms with Crippen molar-refractivity contribution in [3.63, 3.8) is 0 Å². The van der Waals surface area contributed by atoms with E-state index in [4.69, 9.17) is 4.74 Å². The van der Waals surface area contributed by atoms with Crippen LogP contribution in [0.5, 0.6) is 0 Å². The zero-order chi connectivity index (χ0) is 8.27. The first-order chi connectivity index (χ1) is 5.18. The molecule has 1 aliphatic rings. The van der Waals surface area contributed by atoms with Crippen molar-refractivity contribution in [3.8, 4) is 0 Å². The first kappa shape index (κ1) is 8.37. The number of nitrogens with one attached hydrogen (secondary N) is 1. The maximum Gasteiger partial charge on any atom is 0.407 e. The monoisotopic (exact) mass is 159 g/mol. The average molecular weight is 159 g/mol. The zero-order valence-electron chi connectivity index (χ0n) is 7.09. The van der Waals surface area contributed by atoms with Gasteiger partial charge in [-0.3, -0.25) is 0 Å². The van der Waals surface area contributed by atoms with Crippen LogP contribution in [0.2, 0.25) is 0 Å². The number of hydrogen-bond donors (Lipinski definition) is 1. The van der Waals surface area contributed by atoms with Crippen LogP contribution in [0.25, 0.3) is 0 Å². The summed E-state index contributed by atoms with van der Waals surface area (Å²) in [6.07, 6.45) is 3.18. The Kier molecular flexibility index (Phi) is 2.74. The van der Waals surface area contributed by atoms with Crippen LogP contribution in [-0.4, -0.2) is 18.2 Å². The molecule has 0 heterocycles. The lowest BCUT2D eigenvalue weighted by molar-refractivity contribution is 0.0512. The van der Waals surface area contributed by atoms with Crippen molar-refractivity contribution in [3.05, 3.63) is 0 Å². The number of carbonyl (C=O) groups excluding carboxylic acids is 1.